The molecule has 2 heterocycles. The SMILES string of the molecule is CC1(C)CCCC2CCC(C)(C)C(O)C2C1O.[Ir].[c-]1c(-c2ccccn2)oc2ccccc12. The molecule has 181 valence electrons. The van der Waals surface area contributed by atoms with E-state index in [4.69, 9.17) is 4.42 Å². The van der Waals surface area contributed by atoms with Crippen molar-refractivity contribution in [2.75, 3.05) is 0 Å². The largest absolute Gasteiger partial charge is 0.518 e. The average molecular weight is 627 g/mol. The molecule has 1 radical (unpaired) electrons. The van der Waals surface area contributed by atoms with E-state index in [0.29, 0.717) is 11.7 Å². The molecule has 0 saturated heterocycles. The molecule has 4 nitrogen and oxygen atoms in total. The Hall–Kier alpha value is -1.52. The maximum absolute atomic E-state index is 10.7. The average Bonchev–Trinajstić information content (AvgIpc) is 3.17. The van der Waals surface area contributed by atoms with E-state index in [-0.39, 0.29) is 49.1 Å². The smallest absolute Gasteiger partial charge is 0.0646 e. The zero-order chi connectivity index (χ0) is 22.9. The van der Waals surface area contributed by atoms with Gasteiger partial charge in [-0.25, -0.2) is 0 Å². The van der Waals surface area contributed by atoms with Crippen LogP contribution in [0, 0.1) is 28.7 Å². The third kappa shape index (κ3) is 5.59. The van der Waals surface area contributed by atoms with Crippen LogP contribution in [0.1, 0.15) is 59.8 Å². The molecule has 33 heavy (non-hydrogen) atoms. The Morgan fingerprint density at radius 2 is 1.58 bits per heavy atom. The predicted octanol–water partition coefficient (Wildman–Crippen LogP) is 6.26. The van der Waals surface area contributed by atoms with Gasteiger partial charge in [-0.1, -0.05) is 64.4 Å². The van der Waals surface area contributed by atoms with Gasteiger partial charge in [0.15, 0.2) is 0 Å². The zero-order valence-corrected chi connectivity index (χ0v) is 22.4. The summed E-state index contributed by atoms with van der Waals surface area (Å²) in [5.74, 6) is 1.29. The first kappa shape index (κ1) is 26.1. The molecule has 4 atom stereocenters. The minimum atomic E-state index is -0.357. The molecule has 0 amide bonds. The number of nitrogens with zero attached hydrogens (tertiary/aromatic N) is 1. The summed E-state index contributed by atoms with van der Waals surface area (Å²) in [6.45, 7) is 8.57. The van der Waals surface area contributed by atoms with Gasteiger partial charge in [0.05, 0.1) is 18.0 Å². The van der Waals surface area contributed by atoms with Crippen molar-refractivity contribution in [3.05, 3.63) is 54.7 Å². The van der Waals surface area contributed by atoms with E-state index >= 15 is 0 Å². The van der Waals surface area contributed by atoms with Crippen LogP contribution in [-0.2, 0) is 20.1 Å². The van der Waals surface area contributed by atoms with E-state index in [1.807, 2.05) is 42.5 Å². The second-order valence-corrected chi connectivity index (χ2v) is 10.9. The molecule has 2 aliphatic rings. The Bertz CT molecular complexity index is 997. The van der Waals surface area contributed by atoms with Crippen LogP contribution in [0.15, 0.2) is 53.1 Å². The van der Waals surface area contributed by atoms with Crippen molar-refractivity contribution in [3.8, 4) is 11.5 Å². The molecule has 2 fully saturated rings. The molecule has 3 aromatic rings. The number of aromatic nitrogens is 1. The fourth-order valence-corrected chi connectivity index (χ4v) is 5.46. The standard InChI is InChI=1S/C15H28O2.C13H8NO.Ir/c1-14(2)8-5-6-10-7-9-15(3,4)13(17)11(10)12(14)16;1-2-7-12-10(5-1)9-13(15-12)11-6-3-4-8-14-11;/h10-13,16-17H,5-9H2,1-4H3;1-8H;/q;-1;. The number of para-hydroxylation sites is 1. The van der Waals surface area contributed by atoms with Gasteiger partial charge < -0.3 is 19.6 Å². The number of aliphatic hydroxyl groups is 2. The van der Waals surface area contributed by atoms with E-state index in [1.165, 1.54) is 19.3 Å². The summed E-state index contributed by atoms with van der Waals surface area (Å²) in [5, 5.41) is 22.2. The summed E-state index contributed by atoms with van der Waals surface area (Å²) in [4.78, 5) is 4.22. The Morgan fingerprint density at radius 3 is 2.24 bits per heavy atom. The number of benzene rings is 1. The van der Waals surface area contributed by atoms with Gasteiger partial charge in [0.1, 0.15) is 0 Å². The van der Waals surface area contributed by atoms with Crippen molar-refractivity contribution in [2.24, 2.45) is 22.7 Å². The van der Waals surface area contributed by atoms with Crippen LogP contribution in [0.2, 0.25) is 0 Å². The monoisotopic (exact) mass is 627 g/mol. The van der Waals surface area contributed by atoms with E-state index < -0.39 is 0 Å². The fraction of sp³-hybridized carbons (Fsp3) is 0.536. The predicted molar refractivity (Wildman–Crippen MR) is 128 cm³/mol. The summed E-state index contributed by atoms with van der Waals surface area (Å²) < 4.78 is 5.64. The summed E-state index contributed by atoms with van der Waals surface area (Å²) >= 11 is 0. The molecule has 5 rings (SSSR count). The van der Waals surface area contributed by atoms with Crippen LogP contribution < -0.4 is 0 Å². The minimum Gasteiger partial charge on any atom is -0.518 e. The maximum Gasteiger partial charge on any atom is 0.0646 e. The normalized spacial score (nSPS) is 27.9. The van der Waals surface area contributed by atoms with Crippen LogP contribution in [0.4, 0.5) is 0 Å². The summed E-state index contributed by atoms with van der Waals surface area (Å²) in [6, 6.07) is 16.7. The Labute approximate surface area is 211 Å². The Morgan fingerprint density at radius 1 is 0.909 bits per heavy atom. The number of fused-ring (bicyclic) bond motifs is 2. The van der Waals surface area contributed by atoms with Crippen molar-refractivity contribution in [2.45, 2.75) is 72.0 Å². The summed E-state index contributed by atoms with van der Waals surface area (Å²) in [7, 11) is 0. The molecule has 4 unspecified atom stereocenters. The van der Waals surface area contributed by atoms with Crippen molar-refractivity contribution in [1.29, 1.82) is 0 Å². The van der Waals surface area contributed by atoms with E-state index in [0.717, 1.165) is 29.5 Å². The summed E-state index contributed by atoms with van der Waals surface area (Å²) in [6.07, 6.45) is 6.74. The molecule has 5 heteroatoms. The molecule has 2 aliphatic carbocycles. The van der Waals surface area contributed by atoms with Crippen LogP contribution >= 0.6 is 0 Å². The molecule has 2 aromatic heterocycles. The third-order valence-electron chi connectivity index (χ3n) is 7.68. The minimum absolute atomic E-state index is 0. The molecule has 1 aromatic carbocycles. The third-order valence-corrected chi connectivity index (χ3v) is 7.68. The van der Waals surface area contributed by atoms with Crippen LogP contribution in [-0.4, -0.2) is 27.4 Å². The van der Waals surface area contributed by atoms with Crippen LogP contribution in [0.3, 0.4) is 0 Å². The zero-order valence-electron chi connectivity index (χ0n) is 20.0. The van der Waals surface area contributed by atoms with Gasteiger partial charge in [0.2, 0.25) is 0 Å². The second kappa shape index (κ2) is 10.4. The Balaban J connectivity index is 0.000000181. The molecule has 2 saturated carbocycles. The van der Waals surface area contributed by atoms with Crippen molar-refractivity contribution >= 4 is 11.0 Å². The molecule has 0 spiro atoms. The van der Waals surface area contributed by atoms with Crippen LogP contribution in [0.25, 0.3) is 22.4 Å². The fourth-order valence-electron chi connectivity index (χ4n) is 5.46. The van der Waals surface area contributed by atoms with Gasteiger partial charge in [0, 0.05) is 43.5 Å². The van der Waals surface area contributed by atoms with Gasteiger partial charge in [-0.05, 0) is 48.5 Å². The first-order chi connectivity index (χ1) is 15.2. The molecule has 2 N–H and O–H groups in total. The van der Waals surface area contributed by atoms with Gasteiger partial charge in [-0.3, -0.25) is 0 Å². The van der Waals surface area contributed by atoms with Gasteiger partial charge in [-0.2, -0.15) is 0 Å². The molecule has 0 aliphatic heterocycles. The van der Waals surface area contributed by atoms with Gasteiger partial charge in [0.25, 0.3) is 0 Å². The topological polar surface area (TPSA) is 66.5 Å². The second-order valence-electron chi connectivity index (χ2n) is 10.9. The number of rotatable bonds is 1. The number of aliphatic hydroxyl groups excluding tert-OH is 2. The number of hydrogen-bond donors (Lipinski definition) is 2. The molecular weight excluding hydrogens is 591 g/mol. The number of hydrogen-bond acceptors (Lipinski definition) is 4. The first-order valence-corrected chi connectivity index (χ1v) is 11.9. The molecular formula is C28H36IrNO3-. The summed E-state index contributed by atoms with van der Waals surface area (Å²) in [5.41, 5.74) is 1.57. The number of furan rings is 1. The van der Waals surface area contributed by atoms with Crippen LogP contribution in [0.5, 0.6) is 0 Å². The van der Waals surface area contributed by atoms with E-state index in [1.54, 1.807) is 6.20 Å². The first-order valence-electron chi connectivity index (χ1n) is 11.9. The van der Waals surface area contributed by atoms with Crippen molar-refractivity contribution < 1.29 is 34.7 Å². The van der Waals surface area contributed by atoms with Gasteiger partial charge in [-0.15, -0.1) is 17.5 Å². The Kier molecular flexibility index (Phi) is 8.22. The van der Waals surface area contributed by atoms with E-state index in [2.05, 4.69) is 38.7 Å². The van der Waals surface area contributed by atoms with Crippen molar-refractivity contribution in [3.63, 3.8) is 0 Å². The van der Waals surface area contributed by atoms with Gasteiger partial charge >= 0.3 is 0 Å². The quantitative estimate of drug-likeness (QED) is 0.313. The van der Waals surface area contributed by atoms with E-state index in [9.17, 15) is 10.2 Å². The van der Waals surface area contributed by atoms with Crippen molar-refractivity contribution in [1.82, 2.24) is 4.98 Å². The molecule has 0 bridgehead atoms. The maximum atomic E-state index is 10.7. The number of pyridine rings is 1.